The summed E-state index contributed by atoms with van der Waals surface area (Å²) in [4.78, 5) is 26.3. The van der Waals surface area contributed by atoms with E-state index in [1.165, 1.54) is 36.4 Å². The number of nitrogens with one attached hydrogen (secondary N) is 1. The quantitative estimate of drug-likeness (QED) is 0.774. The van der Waals surface area contributed by atoms with Crippen LogP contribution in [0.15, 0.2) is 34.4 Å². The van der Waals surface area contributed by atoms with Crippen molar-refractivity contribution in [3.63, 3.8) is 0 Å². The minimum Gasteiger partial charge on any atom is -0.352 e. The highest BCUT2D eigenvalue weighted by molar-refractivity contribution is 7.07. The van der Waals surface area contributed by atoms with Gasteiger partial charge in [-0.1, -0.05) is 49.4 Å². The van der Waals surface area contributed by atoms with Gasteiger partial charge in [-0.25, -0.2) is 0 Å². The number of likely N-dealkylation sites (tertiary alicyclic amines) is 1. The van der Waals surface area contributed by atoms with E-state index in [-0.39, 0.29) is 10.8 Å². The number of amides is 1. The molecule has 1 N–H and O–H groups in total. The van der Waals surface area contributed by atoms with Crippen LogP contribution in [-0.4, -0.2) is 28.5 Å². The molecule has 1 saturated heterocycles. The molecule has 1 aliphatic heterocycles. The van der Waals surface area contributed by atoms with Crippen LogP contribution >= 0.6 is 11.3 Å². The van der Waals surface area contributed by atoms with Crippen molar-refractivity contribution in [2.75, 3.05) is 13.1 Å². The maximum absolute atomic E-state index is 12.1. The Kier molecular flexibility index (Phi) is 7.08. The van der Waals surface area contributed by atoms with Crippen LogP contribution in [0.1, 0.15) is 43.5 Å². The number of nitrogens with zero attached hydrogens (tertiary/aromatic N) is 2. The van der Waals surface area contributed by atoms with Crippen molar-refractivity contribution in [3.05, 3.63) is 56.1 Å². The lowest BCUT2D eigenvalue weighted by Crippen LogP contribution is -2.38. The van der Waals surface area contributed by atoms with Gasteiger partial charge in [0.15, 0.2) is 0 Å². The highest BCUT2D eigenvalue weighted by Gasteiger charge is 2.21. The largest absolute Gasteiger partial charge is 0.352 e. The summed E-state index contributed by atoms with van der Waals surface area (Å²) in [6.45, 7) is 10.9. The molecule has 0 spiro atoms. The van der Waals surface area contributed by atoms with Gasteiger partial charge in [-0.05, 0) is 36.3 Å². The number of hydrogen-bond donors (Lipinski definition) is 1. The third-order valence-electron chi connectivity index (χ3n) is 5.40. The van der Waals surface area contributed by atoms with E-state index in [0.29, 0.717) is 19.5 Å². The topological polar surface area (TPSA) is 54.3 Å². The number of rotatable bonds is 7. The lowest BCUT2D eigenvalue weighted by Gasteiger charge is -2.35. The molecule has 0 saturated carbocycles. The molecule has 0 aliphatic carbocycles. The first-order valence-electron chi connectivity index (χ1n) is 10.1. The Labute approximate surface area is 171 Å². The molecule has 6 heteroatoms. The summed E-state index contributed by atoms with van der Waals surface area (Å²) in [5, 5.41) is 4.78. The lowest BCUT2D eigenvalue weighted by molar-refractivity contribution is -0.121. The van der Waals surface area contributed by atoms with E-state index in [1.807, 2.05) is 12.3 Å². The molecule has 2 heterocycles. The molecular formula is C22H31N3O2S. The van der Waals surface area contributed by atoms with Crippen LogP contribution in [-0.2, 0) is 24.4 Å². The van der Waals surface area contributed by atoms with E-state index >= 15 is 0 Å². The van der Waals surface area contributed by atoms with Crippen LogP contribution in [0.4, 0.5) is 0 Å². The Hall–Kier alpha value is -1.92. The van der Waals surface area contributed by atoms with Crippen molar-refractivity contribution in [1.29, 1.82) is 0 Å². The molecule has 28 heavy (non-hydrogen) atoms. The Morgan fingerprint density at radius 1 is 1.14 bits per heavy atom. The zero-order chi connectivity index (χ0) is 20.1. The van der Waals surface area contributed by atoms with Gasteiger partial charge in [0, 0.05) is 50.2 Å². The summed E-state index contributed by atoms with van der Waals surface area (Å²) in [5.41, 5.74) is 3.33. The fourth-order valence-corrected chi connectivity index (χ4v) is 4.88. The maximum atomic E-state index is 12.1. The monoisotopic (exact) mass is 401 g/mol. The number of carbonyl (C=O) groups excluding carboxylic acids is 1. The highest BCUT2D eigenvalue weighted by atomic mass is 32.1. The summed E-state index contributed by atoms with van der Waals surface area (Å²) in [6, 6.07) is 8.53. The molecule has 152 valence electrons. The van der Waals surface area contributed by atoms with Crippen LogP contribution in [0.2, 0.25) is 0 Å². The lowest BCUT2D eigenvalue weighted by atomic mass is 9.91. The summed E-state index contributed by atoms with van der Waals surface area (Å²) in [6.07, 6.45) is 1.65. The molecule has 1 amide bonds. The van der Waals surface area contributed by atoms with Crippen molar-refractivity contribution in [1.82, 2.24) is 14.8 Å². The van der Waals surface area contributed by atoms with Crippen LogP contribution in [0.5, 0.6) is 0 Å². The molecule has 5 nitrogen and oxygen atoms in total. The minimum absolute atomic E-state index is 0.00150. The van der Waals surface area contributed by atoms with Crippen molar-refractivity contribution in [2.45, 2.75) is 53.2 Å². The molecule has 1 aromatic carbocycles. The van der Waals surface area contributed by atoms with Crippen molar-refractivity contribution in [3.8, 4) is 0 Å². The van der Waals surface area contributed by atoms with Crippen molar-refractivity contribution in [2.24, 2.45) is 11.8 Å². The first-order valence-corrected chi connectivity index (χ1v) is 11.0. The van der Waals surface area contributed by atoms with E-state index in [1.54, 1.807) is 4.57 Å². The summed E-state index contributed by atoms with van der Waals surface area (Å²) in [7, 11) is 0. The molecule has 2 aromatic rings. The normalized spacial score (nSPS) is 20.2. The Morgan fingerprint density at radius 3 is 2.39 bits per heavy atom. The molecule has 0 radical (unpaired) electrons. The number of hydrogen-bond acceptors (Lipinski definition) is 4. The number of piperidine rings is 1. The molecular weight excluding hydrogens is 370 g/mol. The van der Waals surface area contributed by atoms with Gasteiger partial charge >= 0.3 is 4.87 Å². The average molecular weight is 402 g/mol. The predicted molar refractivity (Wildman–Crippen MR) is 114 cm³/mol. The van der Waals surface area contributed by atoms with Gasteiger partial charge in [-0.3, -0.25) is 14.5 Å². The Balaban J connectivity index is 1.44. The second kappa shape index (κ2) is 9.52. The van der Waals surface area contributed by atoms with Gasteiger partial charge in [-0.15, -0.1) is 0 Å². The molecule has 2 atom stereocenters. The maximum Gasteiger partial charge on any atom is 0.307 e. The van der Waals surface area contributed by atoms with E-state index in [2.05, 4.69) is 48.3 Å². The SMILES string of the molecule is Cc1csc(=O)n1CCC(=O)NCc1ccc(CN2C[C@H](C)C[C@H](C)C2)cc1. The number of benzene rings is 1. The summed E-state index contributed by atoms with van der Waals surface area (Å²) in [5.74, 6) is 1.51. The molecule has 1 aliphatic rings. The van der Waals surface area contributed by atoms with Gasteiger partial charge in [-0.2, -0.15) is 0 Å². The number of thiazole rings is 1. The van der Waals surface area contributed by atoms with Crippen LogP contribution in [0.3, 0.4) is 0 Å². The molecule has 1 fully saturated rings. The fraction of sp³-hybridized carbons (Fsp3) is 0.545. The first-order chi connectivity index (χ1) is 13.4. The van der Waals surface area contributed by atoms with E-state index in [4.69, 9.17) is 0 Å². The van der Waals surface area contributed by atoms with Crippen LogP contribution in [0.25, 0.3) is 0 Å². The smallest absolute Gasteiger partial charge is 0.307 e. The molecule has 0 bridgehead atoms. The van der Waals surface area contributed by atoms with Crippen molar-refractivity contribution >= 4 is 17.2 Å². The zero-order valence-corrected chi connectivity index (χ0v) is 17.9. The van der Waals surface area contributed by atoms with Gasteiger partial charge in [0.25, 0.3) is 0 Å². The van der Waals surface area contributed by atoms with E-state index < -0.39 is 0 Å². The highest BCUT2D eigenvalue weighted by Crippen LogP contribution is 2.22. The minimum atomic E-state index is -0.0298. The second-order valence-electron chi connectivity index (χ2n) is 8.28. The number of aromatic nitrogens is 1. The van der Waals surface area contributed by atoms with Gasteiger partial charge in [0.2, 0.25) is 5.91 Å². The Morgan fingerprint density at radius 2 is 1.79 bits per heavy atom. The van der Waals surface area contributed by atoms with Gasteiger partial charge in [0.1, 0.15) is 0 Å². The number of aryl methyl sites for hydroxylation is 1. The third-order valence-corrected chi connectivity index (χ3v) is 6.28. The van der Waals surface area contributed by atoms with Gasteiger partial charge in [0.05, 0.1) is 0 Å². The molecule has 1 aromatic heterocycles. The van der Waals surface area contributed by atoms with Crippen LogP contribution in [0, 0.1) is 18.8 Å². The van der Waals surface area contributed by atoms with Gasteiger partial charge < -0.3 is 9.88 Å². The number of carbonyl (C=O) groups is 1. The van der Waals surface area contributed by atoms with E-state index in [9.17, 15) is 9.59 Å². The standard InChI is InChI=1S/C22H31N3O2S/c1-16-10-17(2)13-24(12-16)14-20-6-4-19(5-7-20)11-23-21(26)8-9-25-18(3)15-28-22(25)27/h4-7,15-17H,8-14H2,1-3H3,(H,23,26)/t16-,17+. The third kappa shape index (κ3) is 5.79. The van der Waals surface area contributed by atoms with Crippen molar-refractivity contribution < 1.29 is 4.79 Å². The average Bonchev–Trinajstić information content (AvgIpc) is 2.96. The van der Waals surface area contributed by atoms with E-state index in [0.717, 1.165) is 29.6 Å². The second-order valence-corrected chi connectivity index (χ2v) is 9.10. The zero-order valence-electron chi connectivity index (χ0n) is 17.1. The van der Waals surface area contributed by atoms with Crippen LogP contribution < -0.4 is 10.2 Å². The summed E-state index contributed by atoms with van der Waals surface area (Å²) < 4.78 is 1.65. The Bertz CT molecular complexity index is 830. The summed E-state index contributed by atoms with van der Waals surface area (Å²) >= 11 is 1.18. The molecule has 3 rings (SSSR count). The fourth-order valence-electron chi connectivity index (χ4n) is 4.12. The molecule has 0 unspecified atom stereocenters. The predicted octanol–water partition coefficient (Wildman–Crippen LogP) is 3.40. The first kappa shape index (κ1) is 20.8.